The number of aryl methyl sites for hydroxylation is 1. The summed E-state index contributed by atoms with van der Waals surface area (Å²) in [5.41, 5.74) is 3.70. The molecule has 27 heavy (non-hydrogen) atoms. The van der Waals surface area contributed by atoms with Crippen LogP contribution in [0.15, 0.2) is 69.9 Å². The number of nitrogens with one attached hydrogen (secondary N) is 1. The van der Waals surface area contributed by atoms with Gasteiger partial charge in [0.2, 0.25) is 0 Å². The molecule has 0 aliphatic carbocycles. The van der Waals surface area contributed by atoms with E-state index in [9.17, 15) is 9.59 Å². The van der Waals surface area contributed by atoms with Crippen molar-refractivity contribution in [2.24, 2.45) is 0 Å². The second-order valence-electron chi connectivity index (χ2n) is 5.75. The van der Waals surface area contributed by atoms with Crippen molar-refractivity contribution < 1.29 is 9.21 Å². The minimum Gasteiger partial charge on any atom is -0.464 e. The molecule has 1 heterocycles. The number of hydrogen-bond donors (Lipinski definition) is 1. The van der Waals surface area contributed by atoms with Gasteiger partial charge in [0.25, 0.3) is 0 Å². The zero-order valence-corrected chi connectivity index (χ0v) is 16.0. The lowest BCUT2D eigenvalue weighted by molar-refractivity contribution is 0.112. The molecule has 0 atom stereocenters. The summed E-state index contributed by atoms with van der Waals surface area (Å²) in [5, 5.41) is 3.26. The normalized spacial score (nSPS) is 9.89. The molecule has 0 fully saturated rings. The summed E-state index contributed by atoms with van der Waals surface area (Å²) in [4.78, 5) is 22.3. The molecule has 0 radical (unpaired) electrons. The van der Waals surface area contributed by atoms with Crippen LogP contribution in [-0.4, -0.2) is 6.29 Å². The number of carbonyl (C=O) groups is 1. The second-order valence-corrected chi connectivity index (χ2v) is 5.75. The van der Waals surface area contributed by atoms with Crippen molar-refractivity contribution in [3.05, 3.63) is 88.0 Å². The lowest BCUT2D eigenvalue weighted by Crippen LogP contribution is -2.06. The Balaban J connectivity index is 0.00000126. The molecule has 3 rings (SSSR count). The molecule has 1 aromatic heterocycles. The van der Waals surface area contributed by atoms with Crippen molar-refractivity contribution in [3.8, 4) is 11.1 Å². The highest BCUT2D eigenvalue weighted by atomic mass is 16.3. The number of carbonyl (C=O) groups excluding carboxylic acids is 1. The third-order valence-electron chi connectivity index (χ3n) is 3.95. The fourth-order valence-electron chi connectivity index (χ4n) is 2.57. The minimum atomic E-state index is -0.0333. The van der Waals surface area contributed by atoms with Crippen LogP contribution in [0.4, 0.5) is 5.69 Å². The molecule has 0 bridgehead atoms. The number of benzene rings is 2. The Bertz CT molecular complexity index is 910. The maximum absolute atomic E-state index is 11.6. The quantitative estimate of drug-likeness (QED) is 0.602. The maximum atomic E-state index is 11.6. The zero-order chi connectivity index (χ0) is 19.6. The predicted octanol–water partition coefficient (Wildman–Crippen LogP) is 5.32. The fourth-order valence-corrected chi connectivity index (χ4v) is 2.57. The lowest BCUT2D eigenvalue weighted by atomic mass is 10.0. The second kappa shape index (κ2) is 10.1. The summed E-state index contributed by atoms with van der Waals surface area (Å²) in [6.45, 7) is 6.41. The lowest BCUT2D eigenvalue weighted by Gasteiger charge is -2.08. The van der Waals surface area contributed by atoms with Gasteiger partial charge in [-0.3, -0.25) is 9.59 Å². The fraction of sp³-hybridized carbons (Fsp3) is 0.217. The van der Waals surface area contributed by atoms with Gasteiger partial charge in [-0.2, -0.15) is 0 Å². The van der Waals surface area contributed by atoms with Crippen molar-refractivity contribution in [2.75, 3.05) is 5.32 Å². The van der Waals surface area contributed by atoms with Gasteiger partial charge >= 0.3 is 0 Å². The molecule has 4 heteroatoms. The summed E-state index contributed by atoms with van der Waals surface area (Å²) in [5.74, 6) is 1.32. The Morgan fingerprint density at radius 3 is 2.00 bits per heavy atom. The third-order valence-corrected chi connectivity index (χ3v) is 3.95. The van der Waals surface area contributed by atoms with Crippen molar-refractivity contribution in [1.82, 2.24) is 0 Å². The van der Waals surface area contributed by atoms with Crippen LogP contribution in [0, 0.1) is 0 Å². The van der Waals surface area contributed by atoms with E-state index in [2.05, 4.69) is 5.32 Å². The first-order chi connectivity index (χ1) is 13.2. The molecule has 0 amide bonds. The summed E-state index contributed by atoms with van der Waals surface area (Å²) in [6.07, 6.45) is 1.53. The van der Waals surface area contributed by atoms with Crippen LogP contribution in [0.2, 0.25) is 0 Å². The smallest absolute Gasteiger partial charge is 0.185 e. The highest BCUT2D eigenvalue weighted by Gasteiger charge is 2.02. The van der Waals surface area contributed by atoms with Gasteiger partial charge < -0.3 is 9.73 Å². The van der Waals surface area contributed by atoms with E-state index in [-0.39, 0.29) is 5.43 Å². The molecule has 2 aromatic carbocycles. The summed E-state index contributed by atoms with van der Waals surface area (Å²) >= 11 is 0. The van der Waals surface area contributed by atoms with E-state index < -0.39 is 0 Å². The van der Waals surface area contributed by atoms with E-state index in [0.29, 0.717) is 30.0 Å². The zero-order valence-electron chi connectivity index (χ0n) is 16.0. The van der Waals surface area contributed by atoms with Gasteiger partial charge in [-0.25, -0.2) is 0 Å². The summed E-state index contributed by atoms with van der Waals surface area (Å²) in [7, 11) is 0. The van der Waals surface area contributed by atoms with Gasteiger partial charge in [0, 0.05) is 29.8 Å². The molecule has 0 spiro atoms. The van der Waals surface area contributed by atoms with E-state index in [1.807, 2.05) is 57.2 Å². The molecule has 3 aromatic rings. The Labute approximate surface area is 159 Å². The molecule has 0 aliphatic rings. The molecule has 0 unspecified atom stereocenters. The molecular formula is C23H25NO3. The molecule has 0 aliphatic heterocycles. The summed E-state index contributed by atoms with van der Waals surface area (Å²) < 4.78 is 5.65. The van der Waals surface area contributed by atoms with Crippen LogP contribution in [0.1, 0.15) is 42.6 Å². The van der Waals surface area contributed by atoms with Crippen molar-refractivity contribution >= 4 is 12.0 Å². The molecule has 0 saturated carbocycles. The van der Waals surface area contributed by atoms with Crippen LogP contribution >= 0.6 is 0 Å². The van der Waals surface area contributed by atoms with E-state index >= 15 is 0 Å². The van der Waals surface area contributed by atoms with Gasteiger partial charge in [0.15, 0.2) is 5.43 Å². The van der Waals surface area contributed by atoms with Crippen LogP contribution in [0.3, 0.4) is 0 Å². The van der Waals surface area contributed by atoms with E-state index in [1.54, 1.807) is 12.1 Å². The van der Waals surface area contributed by atoms with E-state index in [0.717, 1.165) is 23.1 Å². The van der Waals surface area contributed by atoms with Crippen molar-refractivity contribution in [2.45, 2.75) is 33.7 Å². The topological polar surface area (TPSA) is 59.3 Å². The van der Waals surface area contributed by atoms with Crippen LogP contribution < -0.4 is 10.7 Å². The minimum absolute atomic E-state index is 0.0333. The Morgan fingerprint density at radius 1 is 0.889 bits per heavy atom. The van der Waals surface area contributed by atoms with Gasteiger partial charge in [0.05, 0.1) is 6.54 Å². The Morgan fingerprint density at radius 2 is 1.44 bits per heavy atom. The number of aldehydes is 1. The van der Waals surface area contributed by atoms with E-state index in [1.165, 1.54) is 12.1 Å². The Hall–Kier alpha value is -3.14. The van der Waals surface area contributed by atoms with Gasteiger partial charge in [0.1, 0.15) is 17.8 Å². The first kappa shape index (κ1) is 20.2. The summed E-state index contributed by atoms with van der Waals surface area (Å²) in [6, 6.07) is 18.5. The van der Waals surface area contributed by atoms with Crippen LogP contribution in [0.5, 0.6) is 0 Å². The van der Waals surface area contributed by atoms with Gasteiger partial charge in [-0.1, -0.05) is 57.2 Å². The predicted molar refractivity (Wildman–Crippen MR) is 110 cm³/mol. The average molecular weight is 363 g/mol. The first-order valence-electron chi connectivity index (χ1n) is 9.20. The van der Waals surface area contributed by atoms with Crippen LogP contribution in [0.25, 0.3) is 11.1 Å². The molecule has 0 saturated heterocycles. The monoisotopic (exact) mass is 363 g/mol. The SMILES string of the molecule is CC.CCc1cc(=O)cc(CNc2ccc(-c3ccc(C=O)cc3)cc2)o1. The van der Waals surface area contributed by atoms with Crippen molar-refractivity contribution in [1.29, 1.82) is 0 Å². The van der Waals surface area contributed by atoms with Crippen LogP contribution in [-0.2, 0) is 13.0 Å². The first-order valence-corrected chi connectivity index (χ1v) is 9.20. The highest BCUT2D eigenvalue weighted by Crippen LogP contribution is 2.22. The number of rotatable bonds is 6. The molecular weight excluding hydrogens is 338 g/mol. The standard InChI is InChI=1S/C21H19NO3.C2H6/c1-2-20-11-19(24)12-21(25-20)13-22-18-9-7-17(8-10-18)16-5-3-15(14-23)4-6-16;1-2/h3-12,14,22H,2,13H2,1H3;1-2H3. The van der Waals surface area contributed by atoms with E-state index in [4.69, 9.17) is 4.42 Å². The van der Waals surface area contributed by atoms with Gasteiger partial charge in [-0.05, 0) is 23.3 Å². The largest absolute Gasteiger partial charge is 0.464 e. The van der Waals surface area contributed by atoms with Gasteiger partial charge in [-0.15, -0.1) is 0 Å². The Kier molecular flexibility index (Phi) is 7.56. The molecule has 4 nitrogen and oxygen atoms in total. The number of hydrogen-bond acceptors (Lipinski definition) is 4. The van der Waals surface area contributed by atoms with Crippen molar-refractivity contribution in [3.63, 3.8) is 0 Å². The average Bonchev–Trinajstić information content (AvgIpc) is 2.74. The molecule has 1 N–H and O–H groups in total. The molecule has 140 valence electrons. The third kappa shape index (κ3) is 5.68. The highest BCUT2D eigenvalue weighted by molar-refractivity contribution is 5.77. The maximum Gasteiger partial charge on any atom is 0.185 e. The number of anilines is 1.